The van der Waals surface area contributed by atoms with Crippen LogP contribution >= 0.6 is 11.6 Å². The quantitative estimate of drug-likeness (QED) is 0.606. The molecule has 0 aliphatic carbocycles. The van der Waals surface area contributed by atoms with E-state index in [1.165, 1.54) is 18.3 Å². The first-order valence-corrected chi connectivity index (χ1v) is 8.65. The minimum absolute atomic E-state index is 0.0198. The molecule has 1 aromatic heterocycles. The molecule has 2 N–H and O–H groups in total. The third kappa shape index (κ3) is 4.95. The molecule has 1 heterocycles. The van der Waals surface area contributed by atoms with Crippen molar-refractivity contribution in [1.29, 1.82) is 0 Å². The summed E-state index contributed by atoms with van der Waals surface area (Å²) in [6.45, 7) is 2.49. The van der Waals surface area contributed by atoms with Crippen molar-refractivity contribution in [2.45, 2.75) is 6.92 Å². The maximum Gasteiger partial charge on any atom is 0.257 e. The Morgan fingerprint density at radius 1 is 1.11 bits per heavy atom. The molecule has 7 heteroatoms. The molecule has 3 rings (SSSR count). The van der Waals surface area contributed by atoms with Crippen LogP contribution in [-0.2, 0) is 0 Å². The van der Waals surface area contributed by atoms with Gasteiger partial charge in [-0.15, -0.1) is 0 Å². The molecular formula is C20H17ClFN3O2. The number of hydrogen-bond acceptors (Lipinski definition) is 4. The summed E-state index contributed by atoms with van der Waals surface area (Å²) in [4.78, 5) is 16.5. The maximum absolute atomic E-state index is 13.2. The number of benzene rings is 2. The van der Waals surface area contributed by atoms with Crippen LogP contribution in [0, 0.1) is 5.82 Å². The summed E-state index contributed by atoms with van der Waals surface area (Å²) in [7, 11) is 0. The third-order valence-electron chi connectivity index (χ3n) is 3.64. The molecule has 138 valence electrons. The van der Waals surface area contributed by atoms with E-state index in [4.69, 9.17) is 16.3 Å². The number of pyridine rings is 1. The van der Waals surface area contributed by atoms with E-state index in [0.717, 1.165) is 5.75 Å². The van der Waals surface area contributed by atoms with Crippen molar-refractivity contribution in [3.63, 3.8) is 0 Å². The fourth-order valence-electron chi connectivity index (χ4n) is 2.33. The number of nitrogens with zero attached hydrogens (tertiary/aromatic N) is 1. The van der Waals surface area contributed by atoms with Gasteiger partial charge in [0.2, 0.25) is 0 Å². The lowest BCUT2D eigenvalue weighted by molar-refractivity contribution is 0.102. The van der Waals surface area contributed by atoms with Gasteiger partial charge in [-0.3, -0.25) is 4.79 Å². The molecule has 0 spiro atoms. The minimum Gasteiger partial charge on any atom is -0.494 e. The van der Waals surface area contributed by atoms with Crippen LogP contribution in [0.5, 0.6) is 5.75 Å². The first-order chi connectivity index (χ1) is 13.0. The Labute approximate surface area is 161 Å². The Bertz CT molecular complexity index is 931. The standard InChI is InChI=1S/C20H17ClFN3O2/c1-2-27-16-7-4-14(5-8-16)25-20(26)13-3-10-19(23-12-13)24-15-6-9-18(22)17(21)11-15/h3-12H,2H2,1H3,(H,23,24)(H,25,26). The Balaban J connectivity index is 1.63. The molecule has 5 nitrogen and oxygen atoms in total. The van der Waals surface area contributed by atoms with Crippen LogP contribution in [-0.4, -0.2) is 17.5 Å². The summed E-state index contributed by atoms with van der Waals surface area (Å²) in [5.41, 5.74) is 1.67. The molecule has 0 aliphatic rings. The van der Waals surface area contributed by atoms with Gasteiger partial charge in [0.15, 0.2) is 0 Å². The number of nitrogens with one attached hydrogen (secondary N) is 2. The number of carbonyl (C=O) groups excluding carboxylic acids is 1. The zero-order valence-electron chi connectivity index (χ0n) is 14.5. The van der Waals surface area contributed by atoms with Gasteiger partial charge in [-0.05, 0) is 61.5 Å². The minimum atomic E-state index is -0.489. The van der Waals surface area contributed by atoms with Crippen molar-refractivity contribution in [3.8, 4) is 5.75 Å². The van der Waals surface area contributed by atoms with E-state index >= 15 is 0 Å². The van der Waals surface area contributed by atoms with E-state index in [1.807, 2.05) is 6.92 Å². The Morgan fingerprint density at radius 3 is 2.48 bits per heavy atom. The Kier molecular flexibility index (Phi) is 5.88. The van der Waals surface area contributed by atoms with E-state index in [1.54, 1.807) is 42.5 Å². The van der Waals surface area contributed by atoms with Crippen molar-refractivity contribution in [3.05, 3.63) is 77.2 Å². The highest BCUT2D eigenvalue weighted by Crippen LogP contribution is 2.22. The number of aromatic nitrogens is 1. The maximum atomic E-state index is 13.2. The van der Waals surface area contributed by atoms with Gasteiger partial charge in [0.25, 0.3) is 5.91 Å². The number of halogens is 2. The topological polar surface area (TPSA) is 63.2 Å². The van der Waals surface area contributed by atoms with Crippen LogP contribution in [0.2, 0.25) is 5.02 Å². The summed E-state index contributed by atoms with van der Waals surface area (Å²) >= 11 is 5.75. The van der Waals surface area contributed by atoms with Gasteiger partial charge >= 0.3 is 0 Å². The summed E-state index contributed by atoms with van der Waals surface area (Å²) < 4.78 is 18.6. The first kappa shape index (κ1) is 18.7. The zero-order valence-corrected chi connectivity index (χ0v) is 15.3. The lowest BCUT2D eigenvalue weighted by Crippen LogP contribution is -2.12. The van der Waals surface area contributed by atoms with Gasteiger partial charge in [0.05, 0.1) is 17.2 Å². The molecule has 27 heavy (non-hydrogen) atoms. The van der Waals surface area contributed by atoms with Crippen LogP contribution in [0.4, 0.5) is 21.6 Å². The van der Waals surface area contributed by atoms with Gasteiger partial charge < -0.3 is 15.4 Å². The number of amides is 1. The van der Waals surface area contributed by atoms with Crippen molar-refractivity contribution < 1.29 is 13.9 Å². The molecule has 1 amide bonds. The average Bonchev–Trinajstić information content (AvgIpc) is 2.67. The number of rotatable bonds is 6. The van der Waals surface area contributed by atoms with E-state index in [-0.39, 0.29) is 10.9 Å². The number of ether oxygens (including phenoxy) is 1. The van der Waals surface area contributed by atoms with Crippen LogP contribution in [0.3, 0.4) is 0 Å². The molecule has 0 fully saturated rings. The monoisotopic (exact) mass is 385 g/mol. The highest BCUT2D eigenvalue weighted by Gasteiger charge is 2.08. The predicted molar refractivity (Wildman–Crippen MR) is 104 cm³/mol. The highest BCUT2D eigenvalue weighted by molar-refractivity contribution is 6.31. The predicted octanol–water partition coefficient (Wildman–Crippen LogP) is 5.27. The SMILES string of the molecule is CCOc1ccc(NC(=O)c2ccc(Nc3ccc(F)c(Cl)c3)nc2)cc1. The van der Waals surface area contributed by atoms with Crippen molar-refractivity contribution in [2.75, 3.05) is 17.2 Å². The highest BCUT2D eigenvalue weighted by atomic mass is 35.5. The van der Waals surface area contributed by atoms with Crippen molar-refractivity contribution >= 4 is 34.7 Å². The van der Waals surface area contributed by atoms with E-state index in [9.17, 15) is 9.18 Å². The lowest BCUT2D eigenvalue weighted by Gasteiger charge is -2.09. The van der Waals surface area contributed by atoms with E-state index < -0.39 is 5.82 Å². The average molecular weight is 386 g/mol. The largest absolute Gasteiger partial charge is 0.494 e. The number of carbonyl (C=O) groups is 1. The molecule has 0 radical (unpaired) electrons. The molecule has 0 bridgehead atoms. The van der Waals surface area contributed by atoms with Gasteiger partial charge in [0, 0.05) is 17.6 Å². The Hall–Kier alpha value is -3.12. The first-order valence-electron chi connectivity index (χ1n) is 8.27. The van der Waals surface area contributed by atoms with Crippen LogP contribution in [0.1, 0.15) is 17.3 Å². The Morgan fingerprint density at radius 2 is 1.85 bits per heavy atom. The molecule has 0 saturated heterocycles. The summed E-state index contributed by atoms with van der Waals surface area (Å²) in [5.74, 6) is 0.489. The van der Waals surface area contributed by atoms with E-state index in [2.05, 4.69) is 15.6 Å². The lowest BCUT2D eigenvalue weighted by atomic mass is 10.2. The number of hydrogen-bond donors (Lipinski definition) is 2. The van der Waals surface area contributed by atoms with Gasteiger partial charge in [-0.25, -0.2) is 9.37 Å². The summed E-state index contributed by atoms with van der Waals surface area (Å²) in [5, 5.41) is 5.81. The second kappa shape index (κ2) is 8.51. The third-order valence-corrected chi connectivity index (χ3v) is 3.93. The van der Waals surface area contributed by atoms with Gasteiger partial charge in [-0.2, -0.15) is 0 Å². The molecule has 2 aromatic carbocycles. The van der Waals surface area contributed by atoms with Gasteiger partial charge in [0.1, 0.15) is 17.4 Å². The smallest absolute Gasteiger partial charge is 0.257 e. The molecule has 0 saturated carbocycles. The molecule has 3 aromatic rings. The van der Waals surface area contributed by atoms with Gasteiger partial charge in [-0.1, -0.05) is 11.6 Å². The zero-order chi connectivity index (χ0) is 19.2. The number of anilines is 3. The molecule has 0 unspecified atom stereocenters. The van der Waals surface area contributed by atoms with Crippen molar-refractivity contribution in [1.82, 2.24) is 4.98 Å². The fourth-order valence-corrected chi connectivity index (χ4v) is 2.51. The van der Waals surface area contributed by atoms with Crippen LogP contribution in [0.25, 0.3) is 0 Å². The van der Waals surface area contributed by atoms with Crippen molar-refractivity contribution in [2.24, 2.45) is 0 Å². The molecular weight excluding hydrogens is 369 g/mol. The second-order valence-electron chi connectivity index (χ2n) is 5.60. The fraction of sp³-hybridized carbons (Fsp3) is 0.100. The van der Waals surface area contributed by atoms with Crippen LogP contribution in [0.15, 0.2) is 60.8 Å². The summed E-state index contributed by atoms with van der Waals surface area (Å²) in [6.07, 6.45) is 1.46. The molecule has 0 aliphatic heterocycles. The van der Waals surface area contributed by atoms with Crippen LogP contribution < -0.4 is 15.4 Å². The summed E-state index contributed by atoms with van der Waals surface area (Å²) in [6, 6.07) is 14.7. The normalized spacial score (nSPS) is 10.3. The molecule has 0 atom stereocenters. The second-order valence-corrected chi connectivity index (χ2v) is 6.00. The van der Waals surface area contributed by atoms with E-state index in [0.29, 0.717) is 29.4 Å².